The van der Waals surface area contributed by atoms with Crippen LogP contribution in [0.5, 0.6) is 0 Å². The van der Waals surface area contributed by atoms with Crippen LogP contribution in [0.4, 0.5) is 0 Å². The molecule has 4 heteroatoms. The van der Waals surface area contributed by atoms with Gasteiger partial charge in [0.2, 0.25) is 0 Å². The Bertz CT molecular complexity index is 585. The Morgan fingerprint density at radius 3 is 2.82 bits per heavy atom. The SMILES string of the molecule is CCC(O)(CC)CN1CCCC(c2nc3ccccc3[nH]2)C1. The van der Waals surface area contributed by atoms with Gasteiger partial charge in [0.25, 0.3) is 0 Å². The van der Waals surface area contributed by atoms with Crippen molar-refractivity contribution in [3.63, 3.8) is 0 Å². The van der Waals surface area contributed by atoms with Crippen LogP contribution in [0.15, 0.2) is 24.3 Å². The molecule has 1 fully saturated rings. The Morgan fingerprint density at radius 2 is 2.09 bits per heavy atom. The van der Waals surface area contributed by atoms with Gasteiger partial charge in [-0.1, -0.05) is 26.0 Å². The number of imidazole rings is 1. The molecular weight excluding hydrogens is 274 g/mol. The first-order valence-electron chi connectivity index (χ1n) is 8.53. The summed E-state index contributed by atoms with van der Waals surface area (Å²) in [4.78, 5) is 10.7. The minimum Gasteiger partial charge on any atom is -0.389 e. The fourth-order valence-electron chi connectivity index (χ4n) is 3.48. The van der Waals surface area contributed by atoms with Crippen LogP contribution in [0.2, 0.25) is 0 Å². The van der Waals surface area contributed by atoms with Crippen LogP contribution in [-0.4, -0.2) is 45.2 Å². The van der Waals surface area contributed by atoms with E-state index in [1.165, 1.54) is 12.8 Å². The highest BCUT2D eigenvalue weighted by molar-refractivity contribution is 5.74. The third kappa shape index (κ3) is 3.18. The van der Waals surface area contributed by atoms with Crippen LogP contribution in [-0.2, 0) is 0 Å². The lowest BCUT2D eigenvalue weighted by atomic mass is 9.92. The maximum atomic E-state index is 10.6. The third-order valence-electron chi connectivity index (χ3n) is 5.13. The van der Waals surface area contributed by atoms with Crippen molar-refractivity contribution in [3.05, 3.63) is 30.1 Å². The van der Waals surface area contributed by atoms with Crippen molar-refractivity contribution in [2.45, 2.75) is 51.0 Å². The Labute approximate surface area is 132 Å². The Balaban J connectivity index is 1.72. The van der Waals surface area contributed by atoms with Crippen molar-refractivity contribution in [1.29, 1.82) is 0 Å². The van der Waals surface area contributed by atoms with Crippen LogP contribution in [0, 0.1) is 0 Å². The summed E-state index contributed by atoms with van der Waals surface area (Å²) in [6, 6.07) is 8.21. The number of aromatic nitrogens is 2. The first kappa shape index (κ1) is 15.5. The quantitative estimate of drug-likeness (QED) is 0.891. The summed E-state index contributed by atoms with van der Waals surface area (Å²) < 4.78 is 0. The lowest BCUT2D eigenvalue weighted by Gasteiger charge is -2.37. The van der Waals surface area contributed by atoms with E-state index in [-0.39, 0.29) is 0 Å². The van der Waals surface area contributed by atoms with Crippen LogP contribution < -0.4 is 0 Å². The first-order chi connectivity index (χ1) is 10.6. The summed E-state index contributed by atoms with van der Waals surface area (Å²) in [7, 11) is 0. The van der Waals surface area contributed by atoms with Gasteiger partial charge >= 0.3 is 0 Å². The second kappa shape index (κ2) is 6.39. The van der Waals surface area contributed by atoms with E-state index in [0.717, 1.165) is 49.3 Å². The Kier molecular flexibility index (Phi) is 4.50. The van der Waals surface area contributed by atoms with E-state index in [1.807, 2.05) is 12.1 Å². The maximum Gasteiger partial charge on any atom is 0.111 e. The molecule has 1 saturated heterocycles. The highest BCUT2D eigenvalue weighted by Crippen LogP contribution is 2.28. The topological polar surface area (TPSA) is 52.1 Å². The molecule has 2 heterocycles. The van der Waals surface area contributed by atoms with Crippen LogP contribution in [0.1, 0.15) is 51.3 Å². The van der Waals surface area contributed by atoms with E-state index in [2.05, 4.69) is 35.9 Å². The van der Waals surface area contributed by atoms with Gasteiger partial charge in [0.05, 0.1) is 16.6 Å². The van der Waals surface area contributed by atoms with E-state index in [0.29, 0.717) is 5.92 Å². The molecular formula is C18H27N3O. The number of para-hydroxylation sites is 2. The van der Waals surface area contributed by atoms with Crippen LogP contribution in [0.25, 0.3) is 11.0 Å². The first-order valence-corrected chi connectivity index (χ1v) is 8.53. The summed E-state index contributed by atoms with van der Waals surface area (Å²) in [5, 5.41) is 10.6. The van der Waals surface area contributed by atoms with Gasteiger partial charge in [0.1, 0.15) is 5.82 Å². The molecule has 2 N–H and O–H groups in total. The number of fused-ring (bicyclic) bond motifs is 1. The molecule has 1 aliphatic heterocycles. The highest BCUT2D eigenvalue weighted by atomic mass is 16.3. The zero-order valence-electron chi connectivity index (χ0n) is 13.7. The number of piperidine rings is 1. The van der Waals surface area contributed by atoms with E-state index in [9.17, 15) is 5.11 Å². The smallest absolute Gasteiger partial charge is 0.111 e. The van der Waals surface area contributed by atoms with Crippen molar-refractivity contribution in [2.24, 2.45) is 0 Å². The normalized spacial score (nSPS) is 20.6. The molecule has 0 aliphatic carbocycles. The molecule has 1 atom stereocenters. The minimum atomic E-state index is -0.546. The lowest BCUT2D eigenvalue weighted by molar-refractivity contribution is -0.0101. The molecule has 0 radical (unpaired) electrons. The predicted octanol–water partition coefficient (Wildman–Crippen LogP) is 3.29. The van der Waals surface area contributed by atoms with Gasteiger partial charge in [-0.2, -0.15) is 0 Å². The monoisotopic (exact) mass is 301 g/mol. The number of aliphatic hydroxyl groups is 1. The average molecular weight is 301 g/mol. The summed E-state index contributed by atoms with van der Waals surface area (Å²) >= 11 is 0. The summed E-state index contributed by atoms with van der Waals surface area (Å²) in [6.07, 6.45) is 3.98. The highest BCUT2D eigenvalue weighted by Gasteiger charge is 2.30. The van der Waals surface area contributed by atoms with Crippen LogP contribution in [0.3, 0.4) is 0 Å². The number of hydrogen-bond donors (Lipinski definition) is 2. The van der Waals surface area contributed by atoms with Gasteiger partial charge in [-0.25, -0.2) is 4.98 Å². The molecule has 0 spiro atoms. The molecule has 0 saturated carbocycles. The van der Waals surface area contributed by atoms with Gasteiger partial charge < -0.3 is 10.1 Å². The van der Waals surface area contributed by atoms with Crippen molar-refractivity contribution in [3.8, 4) is 0 Å². The van der Waals surface area contributed by atoms with Gasteiger partial charge in [0, 0.05) is 19.0 Å². The van der Waals surface area contributed by atoms with E-state index in [1.54, 1.807) is 0 Å². The number of benzene rings is 1. The predicted molar refractivity (Wildman–Crippen MR) is 90.0 cm³/mol. The summed E-state index contributed by atoms with van der Waals surface area (Å²) in [5.41, 5.74) is 1.62. The average Bonchev–Trinajstić information content (AvgIpc) is 2.99. The van der Waals surface area contributed by atoms with Gasteiger partial charge in [-0.05, 0) is 44.4 Å². The van der Waals surface area contributed by atoms with Crippen molar-refractivity contribution >= 4 is 11.0 Å². The third-order valence-corrected chi connectivity index (χ3v) is 5.13. The lowest BCUT2D eigenvalue weighted by Crippen LogP contribution is -2.46. The fraction of sp³-hybridized carbons (Fsp3) is 0.611. The second-order valence-electron chi connectivity index (χ2n) is 6.64. The Morgan fingerprint density at radius 1 is 1.32 bits per heavy atom. The molecule has 4 nitrogen and oxygen atoms in total. The molecule has 1 aliphatic rings. The number of hydrogen-bond acceptors (Lipinski definition) is 3. The van der Waals surface area contributed by atoms with Gasteiger partial charge in [-0.3, -0.25) is 4.90 Å². The second-order valence-corrected chi connectivity index (χ2v) is 6.64. The fourth-order valence-corrected chi connectivity index (χ4v) is 3.48. The number of β-amino-alcohol motifs (C(OH)–C–C–N with tert-alkyl or cyclic N) is 1. The molecule has 120 valence electrons. The number of nitrogens with zero attached hydrogens (tertiary/aromatic N) is 2. The number of rotatable bonds is 5. The van der Waals surface area contributed by atoms with Gasteiger partial charge in [-0.15, -0.1) is 0 Å². The molecule has 1 aromatic carbocycles. The molecule has 0 bridgehead atoms. The molecule has 3 rings (SSSR count). The molecule has 22 heavy (non-hydrogen) atoms. The van der Waals surface area contributed by atoms with E-state index >= 15 is 0 Å². The maximum absolute atomic E-state index is 10.6. The summed E-state index contributed by atoms with van der Waals surface area (Å²) in [5.74, 6) is 1.54. The zero-order chi connectivity index (χ0) is 15.6. The molecule has 2 aromatic rings. The largest absolute Gasteiger partial charge is 0.389 e. The molecule has 1 unspecified atom stereocenters. The standard InChI is InChI=1S/C18H27N3O/c1-3-18(22,4-2)13-21-11-7-8-14(12-21)17-19-15-9-5-6-10-16(15)20-17/h5-6,9-10,14,22H,3-4,7-8,11-13H2,1-2H3,(H,19,20). The molecule has 1 aromatic heterocycles. The van der Waals surface area contributed by atoms with E-state index < -0.39 is 5.60 Å². The van der Waals surface area contributed by atoms with Crippen LogP contribution >= 0.6 is 0 Å². The number of aromatic amines is 1. The van der Waals surface area contributed by atoms with Crippen molar-refractivity contribution in [2.75, 3.05) is 19.6 Å². The van der Waals surface area contributed by atoms with Crippen molar-refractivity contribution in [1.82, 2.24) is 14.9 Å². The number of likely N-dealkylation sites (tertiary alicyclic amines) is 1. The number of H-pyrrole nitrogens is 1. The summed E-state index contributed by atoms with van der Waals surface area (Å²) in [6.45, 7) is 6.99. The molecule has 0 amide bonds. The van der Waals surface area contributed by atoms with Gasteiger partial charge in [0.15, 0.2) is 0 Å². The number of nitrogens with one attached hydrogen (secondary N) is 1. The zero-order valence-corrected chi connectivity index (χ0v) is 13.7. The van der Waals surface area contributed by atoms with Crippen molar-refractivity contribution < 1.29 is 5.11 Å². The Hall–Kier alpha value is -1.39. The van der Waals surface area contributed by atoms with E-state index in [4.69, 9.17) is 4.98 Å². The minimum absolute atomic E-state index is 0.444.